The molecule has 1 aliphatic carbocycles. The molecule has 7 heteroatoms. The van der Waals surface area contributed by atoms with E-state index in [1.165, 1.54) is 17.0 Å². The highest BCUT2D eigenvalue weighted by atomic mass is 32.1. The van der Waals surface area contributed by atoms with Crippen molar-refractivity contribution in [2.45, 2.75) is 33.1 Å². The maximum absolute atomic E-state index is 11.9. The zero-order valence-corrected chi connectivity index (χ0v) is 16.0. The molecule has 3 aromatic rings. The van der Waals surface area contributed by atoms with Crippen molar-refractivity contribution < 1.29 is 9.53 Å². The third-order valence-corrected chi connectivity index (χ3v) is 5.83. The molecule has 0 aliphatic heterocycles. The molecule has 2 aromatic heterocycles. The van der Waals surface area contributed by atoms with Crippen LogP contribution in [0, 0.1) is 5.92 Å². The molecule has 1 N–H and O–H groups in total. The fraction of sp³-hybridized carbons (Fsp3) is 0.421. The minimum atomic E-state index is -0.323. The topological polar surface area (TPSA) is 69.0 Å². The second-order valence-corrected chi connectivity index (χ2v) is 7.86. The number of nitrogens with zero attached hydrogens (tertiary/aromatic N) is 3. The van der Waals surface area contributed by atoms with Crippen molar-refractivity contribution >= 4 is 39.4 Å². The van der Waals surface area contributed by atoms with E-state index in [-0.39, 0.29) is 5.97 Å². The molecule has 0 spiro atoms. The zero-order chi connectivity index (χ0) is 18.3. The van der Waals surface area contributed by atoms with E-state index < -0.39 is 0 Å². The number of carbonyl (C=O) groups excluding carboxylic acids is 1. The second-order valence-electron chi connectivity index (χ2n) is 6.78. The molecule has 1 unspecified atom stereocenters. The molecular weight excluding hydrogens is 348 g/mol. The van der Waals surface area contributed by atoms with Crippen LogP contribution in [0.1, 0.15) is 41.2 Å². The number of benzene rings is 1. The monoisotopic (exact) mass is 370 g/mol. The fourth-order valence-electron chi connectivity index (χ4n) is 3.34. The van der Waals surface area contributed by atoms with Gasteiger partial charge in [0.25, 0.3) is 0 Å². The number of thiazole rings is 1. The molecule has 4 rings (SSSR count). The maximum atomic E-state index is 11.9. The van der Waals surface area contributed by atoms with Crippen molar-refractivity contribution in [1.29, 1.82) is 0 Å². The number of fused-ring (bicyclic) bond motifs is 2. The third kappa shape index (κ3) is 3.07. The largest absolute Gasteiger partial charge is 0.462 e. The summed E-state index contributed by atoms with van der Waals surface area (Å²) < 4.78 is 7.05. The Morgan fingerprint density at radius 1 is 1.42 bits per heavy atom. The van der Waals surface area contributed by atoms with Crippen molar-refractivity contribution in [3.05, 3.63) is 34.3 Å². The van der Waals surface area contributed by atoms with Crippen molar-refractivity contribution in [2.24, 2.45) is 13.0 Å². The first-order valence-electron chi connectivity index (χ1n) is 8.94. The van der Waals surface area contributed by atoms with Crippen LogP contribution in [-0.4, -0.2) is 27.1 Å². The van der Waals surface area contributed by atoms with Crippen LogP contribution in [0.15, 0.2) is 18.2 Å². The molecule has 0 fully saturated rings. The summed E-state index contributed by atoms with van der Waals surface area (Å²) in [5.41, 5.74) is 3.45. The van der Waals surface area contributed by atoms with E-state index in [9.17, 15) is 4.79 Å². The lowest BCUT2D eigenvalue weighted by molar-refractivity contribution is 0.0526. The zero-order valence-electron chi connectivity index (χ0n) is 15.2. The van der Waals surface area contributed by atoms with E-state index in [1.807, 2.05) is 17.7 Å². The lowest BCUT2D eigenvalue weighted by Crippen LogP contribution is -2.09. The smallest absolute Gasteiger partial charge is 0.338 e. The van der Waals surface area contributed by atoms with E-state index >= 15 is 0 Å². The minimum absolute atomic E-state index is 0.323. The van der Waals surface area contributed by atoms with Gasteiger partial charge in [0, 0.05) is 11.9 Å². The second kappa shape index (κ2) is 6.72. The molecule has 0 radical (unpaired) electrons. The molecule has 0 saturated heterocycles. The number of rotatable bonds is 4. The number of aryl methyl sites for hydroxylation is 2. The molecule has 0 amide bonds. The summed E-state index contributed by atoms with van der Waals surface area (Å²) in [6, 6.07) is 5.44. The molecule has 1 atom stereocenters. The average Bonchev–Trinajstić information content (AvgIpc) is 3.15. The quantitative estimate of drug-likeness (QED) is 0.701. The average molecular weight is 370 g/mol. The first-order valence-corrected chi connectivity index (χ1v) is 9.76. The van der Waals surface area contributed by atoms with Crippen LogP contribution in [0.25, 0.3) is 11.0 Å². The van der Waals surface area contributed by atoms with Crippen molar-refractivity contribution in [3.63, 3.8) is 0 Å². The minimum Gasteiger partial charge on any atom is -0.462 e. The van der Waals surface area contributed by atoms with Crippen LogP contribution in [0.2, 0.25) is 0 Å². The van der Waals surface area contributed by atoms with Gasteiger partial charge in [0.15, 0.2) is 5.13 Å². The SMILES string of the molecule is CCOC(=O)c1ccc2c(c1)nc(Nc1nc3c(s1)CC(C)CC3)n2C. The number of hydrogen-bond acceptors (Lipinski definition) is 6. The number of carbonyl (C=O) groups is 1. The normalized spacial score (nSPS) is 16.5. The number of aromatic nitrogens is 3. The van der Waals surface area contributed by atoms with Crippen molar-refractivity contribution in [3.8, 4) is 0 Å². The highest BCUT2D eigenvalue weighted by Crippen LogP contribution is 2.33. The Morgan fingerprint density at radius 2 is 2.27 bits per heavy atom. The molecule has 6 nitrogen and oxygen atoms in total. The Kier molecular flexibility index (Phi) is 4.40. The number of esters is 1. The van der Waals surface area contributed by atoms with Crippen LogP contribution in [0.4, 0.5) is 11.1 Å². The highest BCUT2D eigenvalue weighted by Gasteiger charge is 2.20. The van der Waals surface area contributed by atoms with Gasteiger partial charge in [-0.2, -0.15) is 0 Å². The first-order chi connectivity index (χ1) is 12.5. The van der Waals surface area contributed by atoms with Gasteiger partial charge in [-0.15, -0.1) is 11.3 Å². The summed E-state index contributed by atoms with van der Waals surface area (Å²) in [7, 11) is 1.96. The van der Waals surface area contributed by atoms with Gasteiger partial charge in [-0.3, -0.25) is 0 Å². The molecule has 1 aromatic carbocycles. The number of hydrogen-bond donors (Lipinski definition) is 1. The Bertz CT molecular complexity index is 975. The lowest BCUT2D eigenvalue weighted by Gasteiger charge is -2.15. The molecule has 26 heavy (non-hydrogen) atoms. The van der Waals surface area contributed by atoms with Crippen LogP contribution in [0.3, 0.4) is 0 Å². The van der Waals surface area contributed by atoms with Gasteiger partial charge in [0.2, 0.25) is 5.95 Å². The summed E-state index contributed by atoms with van der Waals surface area (Å²) in [5, 5.41) is 4.23. The van der Waals surface area contributed by atoms with Gasteiger partial charge in [0.1, 0.15) is 0 Å². The van der Waals surface area contributed by atoms with Gasteiger partial charge in [-0.1, -0.05) is 6.92 Å². The van der Waals surface area contributed by atoms with E-state index in [0.29, 0.717) is 12.2 Å². The van der Waals surface area contributed by atoms with Crippen LogP contribution in [0.5, 0.6) is 0 Å². The third-order valence-electron chi connectivity index (χ3n) is 4.80. The Hall–Kier alpha value is -2.41. The molecule has 1 aliphatic rings. The van der Waals surface area contributed by atoms with Crippen LogP contribution >= 0.6 is 11.3 Å². The highest BCUT2D eigenvalue weighted by molar-refractivity contribution is 7.15. The first kappa shape index (κ1) is 17.0. The van der Waals surface area contributed by atoms with E-state index in [1.54, 1.807) is 30.4 Å². The predicted molar refractivity (Wildman–Crippen MR) is 103 cm³/mol. The van der Waals surface area contributed by atoms with Crippen molar-refractivity contribution in [2.75, 3.05) is 11.9 Å². The fourth-order valence-corrected chi connectivity index (χ4v) is 4.51. The molecule has 2 heterocycles. The van der Waals surface area contributed by atoms with Gasteiger partial charge in [-0.05, 0) is 50.3 Å². The lowest BCUT2D eigenvalue weighted by atomic mass is 9.93. The number of anilines is 2. The van der Waals surface area contributed by atoms with Gasteiger partial charge in [0.05, 0.1) is 28.9 Å². The maximum Gasteiger partial charge on any atom is 0.338 e. The molecule has 0 saturated carbocycles. The van der Waals surface area contributed by atoms with Crippen LogP contribution in [-0.2, 0) is 24.6 Å². The Labute approximate surface area is 156 Å². The van der Waals surface area contributed by atoms with Crippen molar-refractivity contribution in [1.82, 2.24) is 14.5 Å². The summed E-state index contributed by atoms with van der Waals surface area (Å²) in [5.74, 6) is 1.13. The predicted octanol–water partition coefficient (Wildman–Crippen LogP) is 4.07. The number of ether oxygens (including phenoxy) is 1. The van der Waals surface area contributed by atoms with E-state index in [4.69, 9.17) is 9.72 Å². The number of imidazole rings is 1. The summed E-state index contributed by atoms with van der Waals surface area (Å²) in [6.45, 7) is 4.45. The van der Waals surface area contributed by atoms with E-state index in [0.717, 1.165) is 40.9 Å². The van der Waals surface area contributed by atoms with Gasteiger partial charge in [-0.25, -0.2) is 14.8 Å². The molecule has 0 bridgehead atoms. The summed E-state index contributed by atoms with van der Waals surface area (Å²) in [6.07, 6.45) is 3.37. The van der Waals surface area contributed by atoms with E-state index in [2.05, 4.69) is 17.2 Å². The van der Waals surface area contributed by atoms with Crippen LogP contribution < -0.4 is 5.32 Å². The van der Waals surface area contributed by atoms with Gasteiger partial charge >= 0.3 is 5.97 Å². The molecular formula is C19H22N4O2S. The number of nitrogens with one attached hydrogen (secondary N) is 1. The Balaban J connectivity index is 1.62. The Morgan fingerprint density at radius 3 is 3.08 bits per heavy atom. The standard InChI is InChI=1S/C19H22N4O2S/c1-4-25-17(24)12-6-8-15-14(10-12)20-18(23(15)3)22-19-21-13-7-5-11(2)9-16(13)26-19/h6,8,10-11H,4-5,7,9H2,1-3H3,(H,20,21,22). The van der Waals surface area contributed by atoms with Gasteiger partial charge < -0.3 is 14.6 Å². The summed E-state index contributed by atoms with van der Waals surface area (Å²) >= 11 is 1.72. The molecule has 136 valence electrons. The summed E-state index contributed by atoms with van der Waals surface area (Å²) in [4.78, 5) is 22.7.